The van der Waals surface area contributed by atoms with E-state index < -0.39 is 12.1 Å². The van der Waals surface area contributed by atoms with E-state index in [2.05, 4.69) is 5.32 Å². The minimum absolute atomic E-state index is 0.0434. The Balaban J connectivity index is 1.91. The molecule has 0 aliphatic carbocycles. The lowest BCUT2D eigenvalue weighted by Gasteiger charge is -2.31. The Hall–Kier alpha value is -2.37. The number of ether oxygens (including phenoxy) is 1. The summed E-state index contributed by atoms with van der Waals surface area (Å²) >= 11 is 0. The van der Waals surface area contributed by atoms with Gasteiger partial charge in [-0.05, 0) is 45.2 Å². The molecule has 6 heteroatoms. The van der Waals surface area contributed by atoms with Gasteiger partial charge in [-0.25, -0.2) is 0 Å². The van der Waals surface area contributed by atoms with Crippen molar-refractivity contribution in [3.8, 4) is 0 Å². The molecule has 1 aliphatic heterocycles. The molecule has 1 fully saturated rings. The largest absolute Gasteiger partial charge is 0.452 e. The number of esters is 1. The van der Waals surface area contributed by atoms with Gasteiger partial charge in [0.25, 0.3) is 5.91 Å². The van der Waals surface area contributed by atoms with Gasteiger partial charge in [-0.2, -0.15) is 0 Å². The Kier molecular flexibility index (Phi) is 6.17. The predicted molar refractivity (Wildman–Crippen MR) is 95.1 cm³/mol. The lowest BCUT2D eigenvalue weighted by Crippen LogP contribution is -2.43. The number of carbonyl (C=O) groups is 3. The fraction of sp³-hybridized carbons (Fsp3) is 0.526. The molecule has 2 amide bonds. The van der Waals surface area contributed by atoms with Gasteiger partial charge in [0.05, 0.1) is 5.92 Å². The molecule has 1 aromatic rings. The zero-order chi connectivity index (χ0) is 18.6. The normalized spacial score (nSPS) is 18.4. The maximum atomic E-state index is 12.3. The van der Waals surface area contributed by atoms with Crippen molar-refractivity contribution in [3.05, 3.63) is 29.3 Å². The molecule has 0 radical (unpaired) electrons. The van der Waals surface area contributed by atoms with Crippen LogP contribution in [0, 0.1) is 19.8 Å². The van der Waals surface area contributed by atoms with Gasteiger partial charge in [-0.15, -0.1) is 0 Å². The molecule has 1 N–H and O–H groups in total. The fourth-order valence-corrected chi connectivity index (χ4v) is 2.97. The summed E-state index contributed by atoms with van der Waals surface area (Å²) in [7, 11) is 0. The van der Waals surface area contributed by atoms with Crippen molar-refractivity contribution in [2.75, 3.05) is 18.4 Å². The Labute approximate surface area is 148 Å². The quantitative estimate of drug-likeness (QED) is 0.850. The standard InChI is InChI=1S/C19H26N2O4/c1-12-7-8-17(13(2)10-12)20-18(23)14(3)25-19(24)16-6-5-9-21(11-16)15(4)22/h7-8,10,14,16H,5-6,9,11H2,1-4H3,(H,20,23)/t14-,16-/m0/s1. The molecule has 1 heterocycles. The third kappa shape index (κ3) is 5.05. The summed E-state index contributed by atoms with van der Waals surface area (Å²) in [5.41, 5.74) is 2.78. The van der Waals surface area contributed by atoms with Crippen molar-refractivity contribution in [1.29, 1.82) is 0 Å². The van der Waals surface area contributed by atoms with E-state index in [1.54, 1.807) is 11.8 Å². The summed E-state index contributed by atoms with van der Waals surface area (Å²) in [6.07, 6.45) is 0.553. The highest BCUT2D eigenvalue weighted by Crippen LogP contribution is 2.20. The number of hydrogen-bond donors (Lipinski definition) is 1. The summed E-state index contributed by atoms with van der Waals surface area (Å²) in [5, 5.41) is 2.79. The van der Waals surface area contributed by atoms with Gasteiger partial charge in [-0.1, -0.05) is 17.7 Å². The first-order valence-electron chi connectivity index (χ1n) is 8.62. The molecule has 0 spiro atoms. The van der Waals surface area contributed by atoms with Gasteiger partial charge in [0.1, 0.15) is 0 Å². The van der Waals surface area contributed by atoms with Crippen LogP contribution in [0.1, 0.15) is 37.8 Å². The number of carbonyl (C=O) groups excluding carboxylic acids is 3. The van der Waals surface area contributed by atoms with E-state index in [4.69, 9.17) is 4.74 Å². The van der Waals surface area contributed by atoms with Crippen LogP contribution in [0.4, 0.5) is 5.69 Å². The number of likely N-dealkylation sites (tertiary alicyclic amines) is 1. The number of rotatable bonds is 4. The second-order valence-electron chi connectivity index (χ2n) is 6.69. The van der Waals surface area contributed by atoms with Gasteiger partial charge >= 0.3 is 5.97 Å². The Morgan fingerprint density at radius 3 is 2.64 bits per heavy atom. The van der Waals surface area contributed by atoms with Crippen LogP contribution in [0.3, 0.4) is 0 Å². The van der Waals surface area contributed by atoms with E-state index in [9.17, 15) is 14.4 Å². The maximum Gasteiger partial charge on any atom is 0.311 e. The number of anilines is 1. The van der Waals surface area contributed by atoms with Crippen LogP contribution >= 0.6 is 0 Å². The Morgan fingerprint density at radius 1 is 1.28 bits per heavy atom. The number of hydrogen-bond acceptors (Lipinski definition) is 4. The summed E-state index contributed by atoms with van der Waals surface area (Å²) in [6, 6.07) is 5.73. The van der Waals surface area contributed by atoms with E-state index in [1.807, 2.05) is 32.0 Å². The predicted octanol–water partition coefficient (Wildman–Crippen LogP) is 2.43. The lowest BCUT2D eigenvalue weighted by molar-refractivity contribution is -0.159. The number of piperidine rings is 1. The maximum absolute atomic E-state index is 12.3. The average Bonchev–Trinajstić information content (AvgIpc) is 2.57. The molecule has 0 saturated carbocycles. The molecular weight excluding hydrogens is 320 g/mol. The van der Waals surface area contributed by atoms with Crippen molar-refractivity contribution in [2.45, 2.75) is 46.6 Å². The van der Waals surface area contributed by atoms with Crippen LogP contribution < -0.4 is 5.32 Å². The third-order valence-corrected chi connectivity index (χ3v) is 4.50. The van der Waals surface area contributed by atoms with Crippen LogP contribution in [0.5, 0.6) is 0 Å². The van der Waals surface area contributed by atoms with Gasteiger partial charge in [0.15, 0.2) is 6.10 Å². The van der Waals surface area contributed by atoms with Crippen molar-refractivity contribution >= 4 is 23.5 Å². The van der Waals surface area contributed by atoms with E-state index >= 15 is 0 Å². The number of nitrogens with one attached hydrogen (secondary N) is 1. The first-order chi connectivity index (χ1) is 11.8. The minimum atomic E-state index is -0.888. The van der Waals surface area contributed by atoms with Gasteiger partial charge in [0, 0.05) is 25.7 Å². The summed E-state index contributed by atoms with van der Waals surface area (Å²) < 4.78 is 5.33. The van der Waals surface area contributed by atoms with E-state index in [1.165, 1.54) is 6.92 Å². The smallest absolute Gasteiger partial charge is 0.311 e. The zero-order valence-corrected chi connectivity index (χ0v) is 15.3. The molecule has 2 rings (SSSR count). The molecule has 6 nitrogen and oxygen atoms in total. The van der Waals surface area contributed by atoms with E-state index in [0.29, 0.717) is 25.2 Å². The van der Waals surface area contributed by atoms with Crippen molar-refractivity contribution in [2.24, 2.45) is 5.92 Å². The fourth-order valence-electron chi connectivity index (χ4n) is 2.97. The van der Waals surface area contributed by atoms with Gasteiger partial charge < -0.3 is 15.0 Å². The molecule has 0 unspecified atom stereocenters. The topological polar surface area (TPSA) is 75.7 Å². The van der Waals surface area contributed by atoms with E-state index in [-0.39, 0.29) is 17.7 Å². The van der Waals surface area contributed by atoms with Crippen molar-refractivity contribution in [3.63, 3.8) is 0 Å². The molecule has 0 bridgehead atoms. The minimum Gasteiger partial charge on any atom is -0.452 e. The van der Waals surface area contributed by atoms with Crippen LogP contribution in [0.2, 0.25) is 0 Å². The lowest BCUT2D eigenvalue weighted by atomic mass is 9.98. The van der Waals surface area contributed by atoms with Crippen LogP contribution in [0.15, 0.2) is 18.2 Å². The summed E-state index contributed by atoms with van der Waals surface area (Å²) in [4.78, 5) is 37.7. The molecular formula is C19H26N2O4. The van der Waals surface area contributed by atoms with Gasteiger partial charge in [-0.3, -0.25) is 14.4 Å². The molecule has 2 atom stereocenters. The zero-order valence-electron chi connectivity index (χ0n) is 15.3. The number of nitrogens with zero attached hydrogens (tertiary/aromatic N) is 1. The summed E-state index contributed by atoms with van der Waals surface area (Å²) in [5.74, 6) is -1.19. The van der Waals surface area contributed by atoms with Gasteiger partial charge in [0.2, 0.25) is 5.91 Å². The number of amides is 2. The molecule has 136 valence electrons. The number of benzene rings is 1. The SMILES string of the molecule is CC(=O)N1CCC[C@H](C(=O)O[C@@H](C)C(=O)Nc2ccc(C)cc2C)C1. The van der Waals surface area contributed by atoms with Crippen LogP contribution in [-0.2, 0) is 19.1 Å². The van der Waals surface area contributed by atoms with Crippen molar-refractivity contribution < 1.29 is 19.1 Å². The number of aryl methyl sites for hydroxylation is 2. The highest BCUT2D eigenvalue weighted by atomic mass is 16.5. The van der Waals surface area contributed by atoms with Crippen molar-refractivity contribution in [1.82, 2.24) is 4.90 Å². The molecule has 1 aliphatic rings. The Bertz CT molecular complexity index is 671. The summed E-state index contributed by atoms with van der Waals surface area (Å²) in [6.45, 7) is 7.98. The van der Waals surface area contributed by atoms with Crippen LogP contribution in [0.25, 0.3) is 0 Å². The molecule has 25 heavy (non-hydrogen) atoms. The first-order valence-corrected chi connectivity index (χ1v) is 8.62. The molecule has 1 saturated heterocycles. The molecule has 0 aromatic heterocycles. The molecule has 1 aromatic carbocycles. The monoisotopic (exact) mass is 346 g/mol. The Morgan fingerprint density at radius 2 is 2.00 bits per heavy atom. The highest BCUT2D eigenvalue weighted by molar-refractivity contribution is 5.95. The average molecular weight is 346 g/mol. The second-order valence-corrected chi connectivity index (χ2v) is 6.69. The first kappa shape index (κ1) is 19.0. The highest BCUT2D eigenvalue weighted by Gasteiger charge is 2.30. The third-order valence-electron chi connectivity index (χ3n) is 4.50. The second kappa shape index (κ2) is 8.14. The van der Waals surface area contributed by atoms with Crippen LogP contribution in [-0.4, -0.2) is 41.9 Å². The van der Waals surface area contributed by atoms with E-state index in [0.717, 1.165) is 17.5 Å².